The molecular weight excluding hydrogens is 280 g/mol. The Morgan fingerprint density at radius 2 is 1.65 bits per heavy atom. The van der Waals surface area contributed by atoms with Crippen molar-refractivity contribution >= 4 is 5.69 Å². The van der Waals surface area contributed by atoms with E-state index in [1.807, 2.05) is 13.8 Å². The molecule has 1 aromatic carbocycles. The molecule has 1 aliphatic heterocycles. The van der Waals surface area contributed by atoms with E-state index in [1.165, 1.54) is 67.7 Å². The van der Waals surface area contributed by atoms with E-state index >= 15 is 0 Å². The van der Waals surface area contributed by atoms with Gasteiger partial charge in [-0.2, -0.15) is 0 Å². The summed E-state index contributed by atoms with van der Waals surface area (Å²) in [5, 5.41) is 0. The maximum Gasteiger partial charge on any atom is 0.0963 e. The molecule has 2 fully saturated rings. The molecule has 1 aliphatic carbocycles. The molecule has 2 unspecified atom stereocenters. The zero-order valence-corrected chi connectivity index (χ0v) is 16.0. The third kappa shape index (κ3) is 4.97. The van der Waals surface area contributed by atoms with Crippen LogP contribution in [0, 0.1) is 18.8 Å². The van der Waals surface area contributed by atoms with Crippen molar-refractivity contribution in [1.82, 2.24) is 0 Å². The van der Waals surface area contributed by atoms with Crippen LogP contribution in [-0.4, -0.2) is 44.3 Å². The van der Waals surface area contributed by atoms with E-state index in [1.54, 1.807) is 0 Å². The highest BCUT2D eigenvalue weighted by molar-refractivity contribution is 5.47. The van der Waals surface area contributed by atoms with Crippen molar-refractivity contribution in [2.45, 2.75) is 47.0 Å². The van der Waals surface area contributed by atoms with Gasteiger partial charge < -0.3 is 9.38 Å². The third-order valence-corrected chi connectivity index (χ3v) is 5.72. The Balaban J connectivity index is 0.000000924. The van der Waals surface area contributed by atoms with Crippen LogP contribution < -0.4 is 4.90 Å². The Labute approximate surface area is 144 Å². The van der Waals surface area contributed by atoms with Crippen molar-refractivity contribution in [3.63, 3.8) is 0 Å². The van der Waals surface area contributed by atoms with Crippen molar-refractivity contribution in [3.8, 4) is 0 Å². The first kappa shape index (κ1) is 18.3. The second-order valence-corrected chi connectivity index (χ2v) is 7.86. The van der Waals surface area contributed by atoms with Crippen LogP contribution in [0.15, 0.2) is 24.3 Å². The number of aryl methyl sites for hydroxylation is 1. The summed E-state index contributed by atoms with van der Waals surface area (Å²) in [6.45, 7) is 15.0. The van der Waals surface area contributed by atoms with Crippen LogP contribution in [0.3, 0.4) is 0 Å². The Bertz CT molecular complexity index is 457. The Hall–Kier alpha value is -1.02. The van der Waals surface area contributed by atoms with Gasteiger partial charge in [0.05, 0.1) is 39.8 Å². The smallest absolute Gasteiger partial charge is 0.0963 e. The molecule has 0 aromatic heterocycles. The predicted molar refractivity (Wildman–Crippen MR) is 102 cm³/mol. The number of likely N-dealkylation sites (N-methyl/N-ethyl adjacent to an activating group) is 1. The Kier molecular flexibility index (Phi) is 6.52. The molecule has 1 heterocycles. The lowest BCUT2D eigenvalue weighted by Gasteiger charge is -2.44. The number of hydrogen-bond donors (Lipinski definition) is 0. The van der Waals surface area contributed by atoms with Crippen LogP contribution in [0.25, 0.3) is 0 Å². The first-order valence-corrected chi connectivity index (χ1v) is 9.69. The summed E-state index contributed by atoms with van der Waals surface area (Å²) in [6, 6.07) is 9.03. The zero-order valence-electron chi connectivity index (χ0n) is 16.0. The van der Waals surface area contributed by atoms with Crippen molar-refractivity contribution in [3.05, 3.63) is 29.8 Å². The molecule has 2 atom stereocenters. The summed E-state index contributed by atoms with van der Waals surface area (Å²) in [5.41, 5.74) is 2.76. The average Bonchev–Trinajstić information content (AvgIpc) is 2.95. The van der Waals surface area contributed by atoms with Crippen LogP contribution in [0.5, 0.6) is 0 Å². The number of piperazine rings is 1. The second kappa shape index (κ2) is 8.19. The predicted octanol–water partition coefficient (Wildman–Crippen LogP) is 4.72. The van der Waals surface area contributed by atoms with Gasteiger partial charge in [-0.1, -0.05) is 44.9 Å². The molecule has 0 bridgehead atoms. The second-order valence-electron chi connectivity index (χ2n) is 7.86. The van der Waals surface area contributed by atoms with E-state index in [9.17, 15) is 0 Å². The summed E-state index contributed by atoms with van der Waals surface area (Å²) >= 11 is 0. The topological polar surface area (TPSA) is 3.24 Å². The van der Waals surface area contributed by atoms with E-state index in [4.69, 9.17) is 0 Å². The quantitative estimate of drug-likeness (QED) is 0.729. The molecule has 0 N–H and O–H groups in total. The average molecular weight is 318 g/mol. The summed E-state index contributed by atoms with van der Waals surface area (Å²) in [7, 11) is 2.48. The molecule has 2 nitrogen and oxygen atoms in total. The molecule has 3 rings (SSSR count). The Morgan fingerprint density at radius 3 is 2.17 bits per heavy atom. The largest absolute Gasteiger partial charge is 0.360 e. The van der Waals surface area contributed by atoms with Gasteiger partial charge >= 0.3 is 0 Å². The number of hydrogen-bond acceptors (Lipinski definition) is 1. The fraction of sp³-hybridized carbons (Fsp3) is 0.714. The molecule has 0 radical (unpaired) electrons. The highest BCUT2D eigenvalue weighted by Gasteiger charge is 2.33. The fourth-order valence-corrected chi connectivity index (χ4v) is 4.26. The van der Waals surface area contributed by atoms with Gasteiger partial charge in [0.1, 0.15) is 0 Å². The minimum absolute atomic E-state index is 0.968. The minimum atomic E-state index is 0.968. The number of anilines is 1. The van der Waals surface area contributed by atoms with Crippen LogP contribution in [0.4, 0.5) is 5.69 Å². The van der Waals surface area contributed by atoms with Gasteiger partial charge in [-0.15, -0.1) is 0 Å². The van der Waals surface area contributed by atoms with Crippen LogP contribution >= 0.6 is 0 Å². The molecule has 1 saturated carbocycles. The Morgan fingerprint density at radius 1 is 1.04 bits per heavy atom. The molecule has 0 amide bonds. The van der Waals surface area contributed by atoms with E-state index in [0.29, 0.717) is 0 Å². The lowest BCUT2D eigenvalue weighted by atomic mass is 10.0. The van der Waals surface area contributed by atoms with Crippen LogP contribution in [0.2, 0.25) is 0 Å². The highest BCUT2D eigenvalue weighted by atomic mass is 15.4. The van der Waals surface area contributed by atoms with Crippen molar-refractivity contribution in [2.24, 2.45) is 11.8 Å². The molecular formula is C21H37N2+. The summed E-state index contributed by atoms with van der Waals surface area (Å²) in [5.74, 6) is 1.95. The van der Waals surface area contributed by atoms with Crippen molar-refractivity contribution in [1.29, 1.82) is 0 Å². The normalized spacial score (nSPS) is 26.6. The number of rotatable bonds is 3. The van der Waals surface area contributed by atoms with Crippen LogP contribution in [-0.2, 0) is 0 Å². The number of quaternary nitrogens is 1. The highest BCUT2D eigenvalue weighted by Crippen LogP contribution is 2.32. The van der Waals surface area contributed by atoms with Crippen molar-refractivity contribution in [2.75, 3.05) is 44.7 Å². The van der Waals surface area contributed by atoms with E-state index in [0.717, 1.165) is 11.8 Å². The van der Waals surface area contributed by atoms with Gasteiger partial charge in [0, 0.05) is 11.6 Å². The van der Waals surface area contributed by atoms with Gasteiger partial charge in [-0.25, -0.2) is 0 Å². The van der Waals surface area contributed by atoms with Crippen molar-refractivity contribution < 1.29 is 4.48 Å². The van der Waals surface area contributed by atoms with E-state index in [2.05, 4.69) is 50.1 Å². The molecule has 23 heavy (non-hydrogen) atoms. The summed E-state index contributed by atoms with van der Waals surface area (Å²) in [6.07, 6.45) is 4.40. The maximum absolute atomic E-state index is 2.57. The molecule has 2 aliphatic rings. The zero-order chi connectivity index (χ0) is 16.9. The van der Waals surface area contributed by atoms with Gasteiger partial charge in [0.15, 0.2) is 0 Å². The molecule has 130 valence electrons. The number of benzene rings is 1. The monoisotopic (exact) mass is 317 g/mol. The molecule has 0 spiro atoms. The lowest BCUT2D eigenvalue weighted by molar-refractivity contribution is -0.913. The number of nitrogens with zero attached hydrogens (tertiary/aromatic N) is 2. The standard InChI is InChI=1S/C19H31N2.C2H6/c1-16-5-8-19(9-6-16)20-10-12-21(3,13-11-20)15-18-7-4-17(2)14-18;1-2/h5-6,8-9,17-18H,4,7,10-15H2,1-3H3;1-2H3/q+1;. The van der Waals surface area contributed by atoms with Gasteiger partial charge in [0.2, 0.25) is 0 Å². The van der Waals surface area contributed by atoms with Gasteiger partial charge in [0.25, 0.3) is 0 Å². The van der Waals surface area contributed by atoms with E-state index in [-0.39, 0.29) is 0 Å². The lowest BCUT2D eigenvalue weighted by Crippen LogP contribution is -2.58. The molecule has 1 aromatic rings. The summed E-state index contributed by atoms with van der Waals surface area (Å²) < 4.78 is 1.29. The first-order valence-electron chi connectivity index (χ1n) is 9.69. The van der Waals surface area contributed by atoms with Gasteiger partial charge in [-0.3, -0.25) is 0 Å². The maximum atomic E-state index is 2.57. The van der Waals surface area contributed by atoms with Gasteiger partial charge in [-0.05, 0) is 37.8 Å². The summed E-state index contributed by atoms with van der Waals surface area (Å²) in [4.78, 5) is 2.57. The fourth-order valence-electron chi connectivity index (χ4n) is 4.26. The first-order chi connectivity index (χ1) is 11.0. The SMILES string of the molecule is CC.Cc1ccc(N2CC[N+](C)(CC3CCC(C)C3)CC2)cc1. The molecule has 2 heteroatoms. The third-order valence-electron chi connectivity index (χ3n) is 5.72. The minimum Gasteiger partial charge on any atom is -0.360 e. The molecule has 1 saturated heterocycles. The van der Waals surface area contributed by atoms with E-state index < -0.39 is 0 Å². The van der Waals surface area contributed by atoms with Crippen LogP contribution in [0.1, 0.15) is 45.6 Å².